The minimum absolute atomic E-state index is 0. The molecule has 0 saturated carbocycles. The second-order valence-corrected chi connectivity index (χ2v) is 7.91. The number of benzene rings is 1. The molecule has 0 bridgehead atoms. The first-order valence-electron chi connectivity index (χ1n) is 10.1. The van der Waals surface area contributed by atoms with E-state index in [1.54, 1.807) is 0 Å². The Balaban J connectivity index is 0.00000280. The Morgan fingerprint density at radius 2 is 1.43 bits per heavy atom. The number of hydrogen-bond donors (Lipinski definition) is 0. The van der Waals surface area contributed by atoms with Gasteiger partial charge in [-0.25, -0.2) is 16.9 Å². The molecule has 2 aliphatic rings. The van der Waals surface area contributed by atoms with Gasteiger partial charge in [-0.1, -0.05) is 43.2 Å². The molecule has 0 amide bonds. The van der Waals surface area contributed by atoms with E-state index in [1.165, 1.54) is 0 Å². The molecule has 0 spiro atoms. The molecule has 1 aromatic rings. The molecule has 0 atom stereocenters. The van der Waals surface area contributed by atoms with Gasteiger partial charge in [0.15, 0.2) is 0 Å². The number of piperazine rings is 2. The number of hydrogen-bond acceptors (Lipinski definition) is 4. The summed E-state index contributed by atoms with van der Waals surface area (Å²) in [4.78, 5) is 8.63. The quantitative estimate of drug-likeness (QED) is 0.402. The normalized spacial score (nSPS) is 21.5. The third kappa shape index (κ3) is 5.02. The van der Waals surface area contributed by atoms with Gasteiger partial charge in [-0.15, -0.1) is 0 Å². The zero-order valence-corrected chi connectivity index (χ0v) is 18.1. The Kier molecular flexibility index (Phi) is 8.63. The molecular weight excluding hydrogens is 346 g/mol. The average molecular weight is 380 g/mol. The zero-order valence-electron chi connectivity index (χ0n) is 18.1. The van der Waals surface area contributed by atoms with Crippen LogP contribution in [0.4, 0.5) is 4.39 Å². The molecule has 2 fully saturated rings. The molecule has 0 aliphatic carbocycles. The molecule has 0 N–H and O–H groups in total. The molecule has 3 rings (SSSR count). The van der Waals surface area contributed by atoms with E-state index in [0.717, 1.165) is 75.5 Å². The molecule has 4 nitrogen and oxygen atoms in total. The molecule has 2 heterocycles. The van der Waals surface area contributed by atoms with Crippen molar-refractivity contribution in [3.63, 3.8) is 0 Å². The van der Waals surface area contributed by atoms with Crippen LogP contribution in [0.5, 0.6) is 0 Å². The molecule has 2 aliphatic heterocycles. The molecule has 0 aromatic heterocycles. The molecular formula is C22H34FLiN4. The topological polar surface area (TPSA) is 13.0 Å². The van der Waals surface area contributed by atoms with Crippen molar-refractivity contribution in [2.75, 3.05) is 66.5 Å². The van der Waals surface area contributed by atoms with Gasteiger partial charge in [-0.2, -0.15) is 6.08 Å². The molecule has 6 heteroatoms. The summed E-state index contributed by atoms with van der Waals surface area (Å²) in [7, 11) is 4.22. The van der Waals surface area contributed by atoms with Crippen molar-refractivity contribution in [1.29, 1.82) is 0 Å². The summed E-state index contributed by atoms with van der Waals surface area (Å²) in [6.07, 6.45) is 2.92. The van der Waals surface area contributed by atoms with E-state index in [0.29, 0.717) is 0 Å². The van der Waals surface area contributed by atoms with Gasteiger partial charge >= 0.3 is 18.9 Å². The fourth-order valence-corrected chi connectivity index (χ4v) is 3.98. The van der Waals surface area contributed by atoms with Crippen molar-refractivity contribution in [1.82, 2.24) is 19.6 Å². The van der Waals surface area contributed by atoms with Gasteiger partial charge < -0.3 is 9.80 Å². The van der Waals surface area contributed by atoms with Crippen molar-refractivity contribution < 1.29 is 23.3 Å². The van der Waals surface area contributed by atoms with Gasteiger partial charge in [0, 0.05) is 57.9 Å². The summed E-state index contributed by atoms with van der Waals surface area (Å²) in [5, 5.41) is 0. The molecule has 2 saturated heterocycles. The van der Waals surface area contributed by atoms with E-state index in [2.05, 4.69) is 43.8 Å². The van der Waals surface area contributed by atoms with Crippen LogP contribution in [0.3, 0.4) is 0 Å². The minimum atomic E-state index is -1.58. The summed E-state index contributed by atoms with van der Waals surface area (Å²) in [5.41, 5.74) is 2.74. The van der Waals surface area contributed by atoms with Crippen LogP contribution in [0, 0.1) is 6.92 Å². The largest absolute Gasteiger partial charge is 1.00 e. The number of rotatable bonds is 5. The first-order valence-corrected chi connectivity index (χ1v) is 10.1. The SMILES string of the molecule is [CH2-]/C(=C\c1ccccc1C(F)(N1CCN(C)CC1)N1CCN(C)CC1)CC.[Li+]. The van der Waals surface area contributed by atoms with E-state index < -0.39 is 5.92 Å². The van der Waals surface area contributed by atoms with Crippen LogP contribution in [-0.2, 0) is 5.92 Å². The van der Waals surface area contributed by atoms with E-state index in [1.807, 2.05) is 34.1 Å². The third-order valence-corrected chi connectivity index (χ3v) is 5.96. The van der Waals surface area contributed by atoms with E-state index >= 15 is 4.39 Å². The summed E-state index contributed by atoms with van der Waals surface area (Å²) >= 11 is 0. The Labute approximate surface area is 182 Å². The second kappa shape index (κ2) is 10.3. The standard InChI is InChI=1S/C22H34FN4.Li/c1-5-19(2)18-20-8-6-7-9-21(20)22(23,26-14-10-24(3)11-15-26)27-16-12-25(4)13-17-27;/h6-9,18H,2,5,10-17H2,1,3-4H3;/q-1;+1/b19-18+;. The smallest absolute Gasteiger partial charge is 0.304 e. The van der Waals surface area contributed by atoms with Gasteiger partial charge in [0.2, 0.25) is 5.92 Å². The fourth-order valence-electron chi connectivity index (χ4n) is 3.98. The van der Waals surface area contributed by atoms with Crippen molar-refractivity contribution in [3.05, 3.63) is 47.9 Å². The maximum atomic E-state index is 17.1. The molecule has 0 radical (unpaired) electrons. The van der Waals surface area contributed by atoms with Gasteiger partial charge in [0.1, 0.15) is 0 Å². The molecule has 1 aromatic carbocycles. The second-order valence-electron chi connectivity index (χ2n) is 7.91. The van der Waals surface area contributed by atoms with Crippen LogP contribution in [0.25, 0.3) is 6.08 Å². The number of nitrogens with zero attached hydrogens (tertiary/aromatic N) is 4. The predicted molar refractivity (Wildman–Crippen MR) is 111 cm³/mol. The van der Waals surface area contributed by atoms with Crippen LogP contribution in [0.15, 0.2) is 29.8 Å². The Morgan fingerprint density at radius 3 is 1.89 bits per heavy atom. The third-order valence-electron chi connectivity index (χ3n) is 5.96. The maximum absolute atomic E-state index is 17.1. The average Bonchev–Trinajstić information content (AvgIpc) is 2.69. The fraction of sp³-hybridized carbons (Fsp3) is 0.591. The summed E-state index contributed by atoms with van der Waals surface area (Å²) in [6.45, 7) is 12.7. The van der Waals surface area contributed by atoms with E-state index in [9.17, 15) is 0 Å². The zero-order chi connectivity index (χ0) is 19.4. The maximum Gasteiger partial charge on any atom is 1.00 e. The van der Waals surface area contributed by atoms with Gasteiger partial charge in [-0.05, 0) is 14.1 Å². The minimum Gasteiger partial charge on any atom is -0.304 e. The molecule has 150 valence electrons. The van der Waals surface area contributed by atoms with Crippen LogP contribution in [0.1, 0.15) is 24.5 Å². The number of alkyl halides is 1. The van der Waals surface area contributed by atoms with Crippen LogP contribution >= 0.6 is 0 Å². The van der Waals surface area contributed by atoms with E-state index in [-0.39, 0.29) is 18.9 Å². The van der Waals surface area contributed by atoms with Gasteiger partial charge in [0.25, 0.3) is 0 Å². The Morgan fingerprint density at radius 1 is 0.964 bits per heavy atom. The number of allylic oxidation sites excluding steroid dienone is 1. The van der Waals surface area contributed by atoms with Crippen molar-refractivity contribution in [3.8, 4) is 0 Å². The van der Waals surface area contributed by atoms with Crippen LogP contribution in [0.2, 0.25) is 0 Å². The first-order chi connectivity index (χ1) is 12.9. The number of halogens is 1. The predicted octanol–water partition coefficient (Wildman–Crippen LogP) is -0.107. The monoisotopic (exact) mass is 380 g/mol. The summed E-state index contributed by atoms with van der Waals surface area (Å²) in [6, 6.07) is 7.94. The first kappa shape index (κ1) is 23.5. The molecule has 0 unspecified atom stereocenters. The Hall–Kier alpha value is -0.803. The van der Waals surface area contributed by atoms with Crippen molar-refractivity contribution >= 4 is 6.08 Å². The number of likely N-dealkylation sites (N-methyl/N-ethyl adjacent to an activating group) is 2. The summed E-state index contributed by atoms with van der Waals surface area (Å²) in [5.74, 6) is -1.58. The van der Waals surface area contributed by atoms with Crippen molar-refractivity contribution in [2.24, 2.45) is 0 Å². The Bertz CT molecular complexity index is 628. The molecule has 28 heavy (non-hydrogen) atoms. The van der Waals surface area contributed by atoms with Gasteiger partial charge in [-0.3, -0.25) is 9.80 Å². The van der Waals surface area contributed by atoms with Crippen LogP contribution < -0.4 is 18.9 Å². The summed E-state index contributed by atoms with van der Waals surface area (Å²) < 4.78 is 17.1. The van der Waals surface area contributed by atoms with Crippen LogP contribution in [-0.4, -0.2) is 86.1 Å². The van der Waals surface area contributed by atoms with E-state index in [4.69, 9.17) is 0 Å². The van der Waals surface area contributed by atoms with Gasteiger partial charge in [0.05, 0.1) is 0 Å². The van der Waals surface area contributed by atoms with Crippen molar-refractivity contribution in [2.45, 2.75) is 19.3 Å².